The van der Waals surface area contributed by atoms with Crippen LogP contribution in [0.4, 0.5) is 4.79 Å². The Kier molecular flexibility index (Phi) is 24.8. The summed E-state index contributed by atoms with van der Waals surface area (Å²) in [5.41, 5.74) is -0.858. The fourth-order valence-corrected chi connectivity index (χ4v) is 6.70. The fraction of sp³-hybridized carbons (Fsp3) is 0.973. The molecule has 0 bridgehead atoms. The number of carbonyl (C=O) groups is 1. The van der Waals surface area contributed by atoms with Crippen LogP contribution in [0.5, 0.6) is 0 Å². The molecule has 0 aliphatic carbocycles. The third-order valence-electron chi connectivity index (χ3n) is 9.52. The molecule has 1 amide bonds. The van der Waals surface area contributed by atoms with Gasteiger partial charge in [-0.05, 0) is 20.3 Å². The first-order chi connectivity index (χ1) is 20.4. The number of aliphatic hydroxyl groups is 1. The average Bonchev–Trinajstić information content (AvgIpc) is 3.29. The van der Waals surface area contributed by atoms with Crippen molar-refractivity contribution in [3.05, 3.63) is 0 Å². The summed E-state index contributed by atoms with van der Waals surface area (Å²) >= 11 is 0. The van der Waals surface area contributed by atoms with E-state index in [0.29, 0.717) is 6.42 Å². The largest absolute Gasteiger partial charge is 0.465 e. The van der Waals surface area contributed by atoms with Crippen molar-refractivity contribution in [2.75, 3.05) is 6.61 Å². The van der Waals surface area contributed by atoms with Gasteiger partial charge in [0, 0.05) is 0 Å². The summed E-state index contributed by atoms with van der Waals surface area (Å²) < 4.78 is 5.60. The van der Waals surface area contributed by atoms with Crippen LogP contribution in [-0.4, -0.2) is 45.7 Å². The van der Waals surface area contributed by atoms with Gasteiger partial charge in [0.1, 0.15) is 5.72 Å². The summed E-state index contributed by atoms with van der Waals surface area (Å²) in [5, 5.41) is 20.0. The molecule has 1 aliphatic rings. The van der Waals surface area contributed by atoms with Crippen molar-refractivity contribution in [1.82, 2.24) is 4.90 Å². The molecule has 1 fully saturated rings. The van der Waals surface area contributed by atoms with E-state index in [9.17, 15) is 15.0 Å². The second-order valence-electron chi connectivity index (χ2n) is 13.9. The first kappa shape index (κ1) is 39.2. The van der Waals surface area contributed by atoms with E-state index >= 15 is 0 Å². The van der Waals surface area contributed by atoms with Crippen LogP contribution >= 0.6 is 0 Å². The highest BCUT2D eigenvalue weighted by molar-refractivity contribution is 5.66. The van der Waals surface area contributed by atoms with E-state index in [-0.39, 0.29) is 6.61 Å². The highest BCUT2D eigenvalue weighted by Gasteiger charge is 2.46. The molecule has 0 aromatic rings. The molecule has 1 rings (SSSR count). The molecule has 0 spiro atoms. The number of unbranched alkanes of at least 4 members (excludes halogenated alkanes) is 27. The van der Waals surface area contributed by atoms with E-state index in [4.69, 9.17) is 4.74 Å². The SMILES string of the molecule is CCCCCCCCCCCCCCCCCCCCCCCCCCCCCC[C@@H](O)[C@@H]1COC(C)(C)N1C(=O)O. The third kappa shape index (κ3) is 20.2. The summed E-state index contributed by atoms with van der Waals surface area (Å²) in [6.45, 7) is 6.07. The zero-order chi connectivity index (χ0) is 30.7. The molecule has 42 heavy (non-hydrogen) atoms. The Morgan fingerprint density at radius 3 is 1.19 bits per heavy atom. The lowest BCUT2D eigenvalue weighted by Crippen LogP contribution is -2.51. The molecule has 0 unspecified atom stereocenters. The number of carboxylic acid groups (broad SMARTS) is 1. The van der Waals surface area contributed by atoms with Crippen LogP contribution < -0.4 is 0 Å². The Hall–Kier alpha value is -0.810. The number of hydrogen-bond acceptors (Lipinski definition) is 3. The third-order valence-corrected chi connectivity index (χ3v) is 9.52. The Labute approximate surface area is 261 Å². The van der Waals surface area contributed by atoms with Gasteiger partial charge >= 0.3 is 6.09 Å². The number of amides is 1. The highest BCUT2D eigenvalue weighted by atomic mass is 16.5. The first-order valence-electron chi connectivity index (χ1n) is 18.7. The maximum absolute atomic E-state index is 11.6. The van der Waals surface area contributed by atoms with Gasteiger partial charge in [-0.25, -0.2) is 4.79 Å². The monoisotopic (exact) mass is 596 g/mol. The zero-order valence-corrected chi connectivity index (χ0v) is 28.5. The Morgan fingerprint density at radius 1 is 0.619 bits per heavy atom. The van der Waals surface area contributed by atoms with Crippen LogP contribution in [0.1, 0.15) is 207 Å². The molecule has 250 valence electrons. The molecule has 1 aliphatic heterocycles. The molecule has 2 N–H and O–H groups in total. The molecule has 0 saturated carbocycles. The minimum atomic E-state index is -1.02. The van der Waals surface area contributed by atoms with Crippen molar-refractivity contribution in [2.24, 2.45) is 0 Å². The quantitative estimate of drug-likeness (QED) is 0.0810. The van der Waals surface area contributed by atoms with Crippen molar-refractivity contribution in [3.8, 4) is 0 Å². The van der Waals surface area contributed by atoms with Crippen LogP contribution in [0.3, 0.4) is 0 Å². The van der Waals surface area contributed by atoms with Crippen LogP contribution in [0, 0.1) is 0 Å². The zero-order valence-electron chi connectivity index (χ0n) is 28.5. The van der Waals surface area contributed by atoms with Gasteiger partial charge in [-0.15, -0.1) is 0 Å². The lowest BCUT2D eigenvalue weighted by Gasteiger charge is -2.32. The van der Waals surface area contributed by atoms with Crippen LogP contribution in [0.2, 0.25) is 0 Å². The van der Waals surface area contributed by atoms with E-state index in [0.717, 1.165) is 12.8 Å². The van der Waals surface area contributed by atoms with E-state index in [2.05, 4.69) is 6.92 Å². The number of rotatable bonds is 30. The lowest BCUT2D eigenvalue weighted by molar-refractivity contribution is -0.0469. The fourth-order valence-electron chi connectivity index (χ4n) is 6.70. The van der Waals surface area contributed by atoms with Gasteiger partial charge in [0.15, 0.2) is 0 Å². The molecule has 2 atom stereocenters. The van der Waals surface area contributed by atoms with Crippen LogP contribution in [0.25, 0.3) is 0 Å². The number of aliphatic hydroxyl groups excluding tert-OH is 1. The topological polar surface area (TPSA) is 70.0 Å². The van der Waals surface area contributed by atoms with E-state index in [1.165, 1.54) is 172 Å². The summed E-state index contributed by atoms with van der Waals surface area (Å²) in [4.78, 5) is 12.8. The molecule has 5 nitrogen and oxygen atoms in total. The van der Waals surface area contributed by atoms with Crippen molar-refractivity contribution >= 4 is 6.09 Å². The Morgan fingerprint density at radius 2 is 0.905 bits per heavy atom. The van der Waals surface area contributed by atoms with E-state index < -0.39 is 24.0 Å². The van der Waals surface area contributed by atoms with Crippen molar-refractivity contribution < 1.29 is 19.7 Å². The molecular formula is C37H73NO4. The number of hydrogen-bond donors (Lipinski definition) is 2. The summed E-state index contributed by atoms with van der Waals surface area (Å²) in [6.07, 6.45) is 37.9. The number of nitrogens with zero attached hydrogens (tertiary/aromatic N) is 1. The molecule has 5 heteroatoms. The van der Waals surface area contributed by atoms with Gasteiger partial charge in [-0.1, -0.05) is 187 Å². The Balaban J connectivity index is 1.74. The Bertz CT molecular complexity index is 611. The standard InChI is InChI=1S/C37H73NO4/c1-4-5-6-7-8-9-10-11-12-13-14-15-16-17-18-19-20-21-22-23-24-25-26-27-28-29-30-31-32-35(39)34-33-42-37(2,3)38(34)36(40)41/h34-35,39H,4-33H2,1-3H3,(H,40,41)/t34-,35+/m0/s1. The van der Waals surface area contributed by atoms with Gasteiger partial charge < -0.3 is 14.9 Å². The average molecular weight is 596 g/mol. The van der Waals surface area contributed by atoms with Gasteiger partial charge in [0.05, 0.1) is 18.8 Å². The maximum atomic E-state index is 11.6. The maximum Gasteiger partial charge on any atom is 0.409 e. The molecule has 0 radical (unpaired) electrons. The predicted molar refractivity (Wildman–Crippen MR) is 179 cm³/mol. The summed E-state index contributed by atoms with van der Waals surface area (Å²) in [5.74, 6) is 0. The van der Waals surface area contributed by atoms with E-state index in [1.807, 2.05) is 0 Å². The second-order valence-corrected chi connectivity index (χ2v) is 13.9. The van der Waals surface area contributed by atoms with Crippen LogP contribution in [-0.2, 0) is 4.74 Å². The van der Waals surface area contributed by atoms with Gasteiger partial charge in [-0.3, -0.25) is 4.90 Å². The smallest absolute Gasteiger partial charge is 0.409 e. The first-order valence-corrected chi connectivity index (χ1v) is 18.7. The van der Waals surface area contributed by atoms with Gasteiger partial charge in [-0.2, -0.15) is 0 Å². The highest BCUT2D eigenvalue weighted by Crippen LogP contribution is 2.30. The molecular weight excluding hydrogens is 522 g/mol. The minimum absolute atomic E-state index is 0.278. The van der Waals surface area contributed by atoms with Gasteiger partial charge in [0.2, 0.25) is 0 Å². The summed E-state index contributed by atoms with van der Waals surface area (Å²) in [7, 11) is 0. The normalized spacial score (nSPS) is 17.2. The number of ether oxygens (including phenoxy) is 1. The minimum Gasteiger partial charge on any atom is -0.465 e. The second kappa shape index (κ2) is 26.6. The summed E-state index contributed by atoms with van der Waals surface area (Å²) in [6, 6.07) is -0.452. The predicted octanol–water partition coefficient (Wildman–Crippen LogP) is 11.8. The van der Waals surface area contributed by atoms with E-state index in [1.54, 1.807) is 13.8 Å². The molecule has 0 aromatic heterocycles. The van der Waals surface area contributed by atoms with Crippen molar-refractivity contribution in [1.29, 1.82) is 0 Å². The van der Waals surface area contributed by atoms with Gasteiger partial charge in [0.25, 0.3) is 0 Å². The molecule has 1 heterocycles. The van der Waals surface area contributed by atoms with Crippen molar-refractivity contribution in [2.45, 2.75) is 225 Å². The molecule has 1 saturated heterocycles. The lowest BCUT2D eigenvalue weighted by atomic mass is 10.0. The molecule has 0 aromatic carbocycles. The van der Waals surface area contributed by atoms with Crippen LogP contribution in [0.15, 0.2) is 0 Å². The van der Waals surface area contributed by atoms with Crippen molar-refractivity contribution in [3.63, 3.8) is 0 Å².